The minimum Gasteiger partial charge on any atom is -0.493 e. The molecule has 8 heteroatoms. The molecule has 0 spiro atoms. The molecule has 0 fully saturated rings. The highest BCUT2D eigenvalue weighted by molar-refractivity contribution is 5.97. The molecule has 0 aliphatic heterocycles. The molecule has 1 unspecified atom stereocenters. The van der Waals surface area contributed by atoms with Crippen LogP contribution in [0, 0.1) is 0 Å². The number of carbonyl (C=O) groups excluding carboxylic acids is 2. The van der Waals surface area contributed by atoms with Crippen LogP contribution in [0.15, 0.2) is 48.5 Å². The molecule has 0 radical (unpaired) electrons. The molecule has 0 aliphatic rings. The van der Waals surface area contributed by atoms with Gasteiger partial charge in [-0.2, -0.15) is 8.78 Å². The molecule has 0 aliphatic carbocycles. The van der Waals surface area contributed by atoms with Crippen molar-refractivity contribution < 1.29 is 27.8 Å². The summed E-state index contributed by atoms with van der Waals surface area (Å²) in [6, 6.07) is 12.5. The number of amides is 2. The van der Waals surface area contributed by atoms with Crippen molar-refractivity contribution in [1.29, 1.82) is 0 Å². The molecule has 0 bridgehead atoms. The van der Waals surface area contributed by atoms with Gasteiger partial charge in [0.1, 0.15) is 6.04 Å². The van der Waals surface area contributed by atoms with Crippen LogP contribution in [0.25, 0.3) is 0 Å². The minimum absolute atomic E-state index is 0.0532. The molecular formula is C20H22F2N2O4. The number of hydrogen-bond donors (Lipinski definition) is 2. The Morgan fingerprint density at radius 2 is 1.79 bits per heavy atom. The summed E-state index contributed by atoms with van der Waals surface area (Å²) in [4.78, 5) is 24.2. The Morgan fingerprint density at radius 3 is 2.43 bits per heavy atom. The third-order valence-corrected chi connectivity index (χ3v) is 3.93. The fourth-order valence-electron chi connectivity index (χ4n) is 2.48. The van der Waals surface area contributed by atoms with Gasteiger partial charge >= 0.3 is 6.61 Å². The summed E-state index contributed by atoms with van der Waals surface area (Å²) < 4.78 is 34.1. The number of ether oxygens (including phenoxy) is 2. The van der Waals surface area contributed by atoms with Crippen LogP contribution in [0.5, 0.6) is 11.5 Å². The lowest BCUT2D eigenvalue weighted by atomic mass is 10.1. The molecule has 0 saturated heterocycles. The number of halogens is 2. The largest absolute Gasteiger partial charge is 0.493 e. The van der Waals surface area contributed by atoms with Crippen LogP contribution in [0.2, 0.25) is 0 Å². The zero-order valence-corrected chi connectivity index (χ0v) is 15.6. The lowest BCUT2D eigenvalue weighted by molar-refractivity contribution is -0.122. The van der Waals surface area contributed by atoms with E-state index in [4.69, 9.17) is 4.74 Å². The van der Waals surface area contributed by atoms with Gasteiger partial charge in [0.2, 0.25) is 5.91 Å². The SMILES string of the molecule is COc1cc(CCNC(=O)C(C)NC(=O)c2ccccc2)ccc1OC(F)F. The normalized spacial score (nSPS) is 11.6. The van der Waals surface area contributed by atoms with Gasteiger partial charge < -0.3 is 20.1 Å². The van der Waals surface area contributed by atoms with Crippen molar-refractivity contribution >= 4 is 11.8 Å². The van der Waals surface area contributed by atoms with Gasteiger partial charge in [0.25, 0.3) is 5.91 Å². The fraction of sp³-hybridized carbons (Fsp3) is 0.300. The maximum atomic E-state index is 12.3. The molecule has 28 heavy (non-hydrogen) atoms. The lowest BCUT2D eigenvalue weighted by Crippen LogP contribution is -2.45. The Balaban J connectivity index is 1.83. The number of hydrogen-bond acceptors (Lipinski definition) is 4. The van der Waals surface area contributed by atoms with Gasteiger partial charge in [-0.3, -0.25) is 9.59 Å². The van der Waals surface area contributed by atoms with Crippen molar-refractivity contribution in [3.05, 3.63) is 59.7 Å². The van der Waals surface area contributed by atoms with E-state index in [1.54, 1.807) is 49.4 Å². The molecule has 2 rings (SSSR count). The molecule has 2 aromatic carbocycles. The van der Waals surface area contributed by atoms with Gasteiger partial charge in [-0.15, -0.1) is 0 Å². The average molecular weight is 392 g/mol. The second-order valence-corrected chi connectivity index (χ2v) is 5.97. The Kier molecular flexibility index (Phi) is 7.74. The maximum Gasteiger partial charge on any atom is 0.387 e. The second-order valence-electron chi connectivity index (χ2n) is 5.97. The summed E-state index contributed by atoms with van der Waals surface area (Å²) in [6.07, 6.45) is 0.455. The molecule has 2 N–H and O–H groups in total. The summed E-state index contributed by atoms with van der Waals surface area (Å²) in [6.45, 7) is -1.04. The lowest BCUT2D eigenvalue weighted by Gasteiger charge is -2.15. The van der Waals surface area contributed by atoms with E-state index in [-0.39, 0.29) is 23.3 Å². The predicted molar refractivity (Wildman–Crippen MR) is 99.7 cm³/mol. The van der Waals surface area contributed by atoms with Crippen LogP contribution in [0.4, 0.5) is 8.78 Å². The van der Waals surface area contributed by atoms with Crippen molar-refractivity contribution in [3.63, 3.8) is 0 Å². The molecule has 6 nitrogen and oxygen atoms in total. The van der Waals surface area contributed by atoms with Crippen LogP contribution in [0.1, 0.15) is 22.8 Å². The van der Waals surface area contributed by atoms with Crippen LogP contribution in [0.3, 0.4) is 0 Å². The molecule has 2 amide bonds. The highest BCUT2D eigenvalue weighted by Crippen LogP contribution is 2.29. The van der Waals surface area contributed by atoms with E-state index in [2.05, 4.69) is 15.4 Å². The molecule has 150 valence electrons. The number of nitrogens with one attached hydrogen (secondary N) is 2. The van der Waals surface area contributed by atoms with E-state index < -0.39 is 12.7 Å². The zero-order chi connectivity index (χ0) is 20.5. The number of methoxy groups -OCH3 is 1. The molecule has 1 atom stereocenters. The van der Waals surface area contributed by atoms with E-state index >= 15 is 0 Å². The first-order valence-corrected chi connectivity index (χ1v) is 8.66. The van der Waals surface area contributed by atoms with Crippen LogP contribution < -0.4 is 20.1 Å². The molecular weight excluding hydrogens is 370 g/mol. The number of alkyl halides is 2. The van der Waals surface area contributed by atoms with E-state index in [0.29, 0.717) is 18.5 Å². The third kappa shape index (κ3) is 6.22. The van der Waals surface area contributed by atoms with Crippen LogP contribution in [-0.4, -0.2) is 38.1 Å². The maximum absolute atomic E-state index is 12.3. The van der Waals surface area contributed by atoms with Crippen molar-refractivity contribution in [2.45, 2.75) is 26.0 Å². The number of benzene rings is 2. The molecule has 0 saturated carbocycles. The minimum atomic E-state index is -2.94. The first kappa shape index (κ1) is 21.1. The van der Waals surface area contributed by atoms with E-state index in [1.807, 2.05) is 0 Å². The first-order chi connectivity index (χ1) is 13.4. The van der Waals surface area contributed by atoms with Gasteiger partial charge in [-0.1, -0.05) is 24.3 Å². The second kappa shape index (κ2) is 10.2. The highest BCUT2D eigenvalue weighted by atomic mass is 19.3. The van der Waals surface area contributed by atoms with Gasteiger partial charge in [0, 0.05) is 12.1 Å². The quantitative estimate of drug-likeness (QED) is 0.688. The average Bonchev–Trinajstić information content (AvgIpc) is 2.69. The van der Waals surface area contributed by atoms with Crippen molar-refractivity contribution in [2.24, 2.45) is 0 Å². The Morgan fingerprint density at radius 1 is 1.07 bits per heavy atom. The van der Waals surface area contributed by atoms with Gasteiger partial charge in [0.15, 0.2) is 11.5 Å². The molecule has 2 aromatic rings. The molecule has 0 heterocycles. The topological polar surface area (TPSA) is 76.7 Å². The Labute approximate surface area is 161 Å². The summed E-state index contributed by atoms with van der Waals surface area (Å²) in [5.74, 6) is -0.522. The van der Waals surface area contributed by atoms with Gasteiger partial charge in [-0.05, 0) is 43.2 Å². The number of rotatable bonds is 9. The summed E-state index contributed by atoms with van der Waals surface area (Å²) in [7, 11) is 1.36. The summed E-state index contributed by atoms with van der Waals surface area (Å²) in [5, 5.41) is 5.36. The zero-order valence-electron chi connectivity index (χ0n) is 15.6. The Bertz CT molecular complexity index is 800. The third-order valence-electron chi connectivity index (χ3n) is 3.93. The fourth-order valence-corrected chi connectivity index (χ4v) is 2.48. The monoisotopic (exact) mass is 392 g/mol. The van der Waals surface area contributed by atoms with E-state index in [0.717, 1.165) is 5.56 Å². The van der Waals surface area contributed by atoms with Crippen molar-refractivity contribution in [2.75, 3.05) is 13.7 Å². The smallest absolute Gasteiger partial charge is 0.387 e. The first-order valence-electron chi connectivity index (χ1n) is 8.66. The van der Waals surface area contributed by atoms with Gasteiger partial charge in [-0.25, -0.2) is 0 Å². The highest BCUT2D eigenvalue weighted by Gasteiger charge is 2.16. The van der Waals surface area contributed by atoms with E-state index in [9.17, 15) is 18.4 Å². The van der Waals surface area contributed by atoms with E-state index in [1.165, 1.54) is 13.2 Å². The summed E-state index contributed by atoms with van der Waals surface area (Å²) >= 11 is 0. The van der Waals surface area contributed by atoms with Crippen molar-refractivity contribution in [3.8, 4) is 11.5 Å². The van der Waals surface area contributed by atoms with Crippen LogP contribution >= 0.6 is 0 Å². The molecule has 0 aromatic heterocycles. The number of carbonyl (C=O) groups is 2. The standard InChI is InChI=1S/C20H22F2N2O4/c1-13(24-19(26)15-6-4-3-5-7-15)18(25)23-11-10-14-8-9-16(28-20(21)22)17(12-14)27-2/h3-9,12-13,20H,10-11H2,1-2H3,(H,23,25)(H,24,26). The Hall–Kier alpha value is -3.16. The van der Waals surface area contributed by atoms with Crippen LogP contribution in [-0.2, 0) is 11.2 Å². The van der Waals surface area contributed by atoms with Gasteiger partial charge in [0.05, 0.1) is 7.11 Å². The van der Waals surface area contributed by atoms with Crippen molar-refractivity contribution in [1.82, 2.24) is 10.6 Å². The summed E-state index contributed by atoms with van der Waals surface area (Å²) in [5.41, 5.74) is 1.25. The predicted octanol–water partition coefficient (Wildman–Crippen LogP) is 2.77.